The first-order valence-electron chi connectivity index (χ1n) is 16.5. The van der Waals surface area contributed by atoms with E-state index in [4.69, 9.17) is 9.47 Å². The standard InChI is InChI=1S/C37H50F2O2/c1-3-5-6-7-33-21-20-32(25-41-33)30-14-12-28(13-15-30)26-8-10-27(11-9-26)29-16-18-31(19-17-29)34-22-23-35(40-24-4-2)37(39)36(34)38/h3,5,16-19,22-23,26-28,30,32-33H,4,6-15,20-21,24-25H2,1-2H3/b5-3+. The van der Waals surface area contributed by atoms with E-state index < -0.39 is 11.6 Å². The number of rotatable bonds is 10. The molecule has 5 rings (SSSR count). The van der Waals surface area contributed by atoms with Crippen LogP contribution >= 0.6 is 0 Å². The van der Waals surface area contributed by atoms with Crippen molar-refractivity contribution >= 4 is 0 Å². The van der Waals surface area contributed by atoms with Crippen LogP contribution in [0.5, 0.6) is 5.75 Å². The fraction of sp³-hybridized carbons (Fsp3) is 0.622. The summed E-state index contributed by atoms with van der Waals surface area (Å²) < 4.78 is 40.9. The summed E-state index contributed by atoms with van der Waals surface area (Å²) in [6.45, 7) is 5.40. The number of ether oxygens (including phenoxy) is 2. The molecular formula is C37H50F2O2. The van der Waals surface area contributed by atoms with Crippen molar-refractivity contribution in [3.63, 3.8) is 0 Å². The minimum absolute atomic E-state index is 0.0117. The number of halogens is 2. The van der Waals surface area contributed by atoms with Crippen LogP contribution in [0.15, 0.2) is 48.6 Å². The Labute approximate surface area is 246 Å². The highest BCUT2D eigenvalue weighted by atomic mass is 19.2. The molecule has 0 aromatic heterocycles. The molecule has 1 saturated heterocycles. The van der Waals surface area contributed by atoms with Crippen molar-refractivity contribution in [3.05, 3.63) is 65.7 Å². The third kappa shape index (κ3) is 7.61. The van der Waals surface area contributed by atoms with Gasteiger partial charge in [-0.1, -0.05) is 43.3 Å². The second-order valence-corrected chi connectivity index (χ2v) is 12.9. The molecule has 1 heterocycles. The van der Waals surface area contributed by atoms with Gasteiger partial charge in [0.2, 0.25) is 5.82 Å². The van der Waals surface area contributed by atoms with Crippen LogP contribution in [0.3, 0.4) is 0 Å². The molecule has 0 N–H and O–H groups in total. The number of benzene rings is 2. The lowest BCUT2D eigenvalue weighted by Crippen LogP contribution is -2.33. The van der Waals surface area contributed by atoms with E-state index >= 15 is 0 Å². The van der Waals surface area contributed by atoms with E-state index in [1.54, 1.807) is 6.07 Å². The lowest BCUT2D eigenvalue weighted by Gasteiger charge is -2.41. The first-order chi connectivity index (χ1) is 20.1. The molecule has 2 atom stereocenters. The van der Waals surface area contributed by atoms with E-state index in [0.717, 1.165) is 43.1 Å². The second-order valence-electron chi connectivity index (χ2n) is 12.9. The molecule has 2 saturated carbocycles. The van der Waals surface area contributed by atoms with Crippen molar-refractivity contribution in [2.24, 2.45) is 23.7 Å². The highest BCUT2D eigenvalue weighted by Crippen LogP contribution is 2.46. The van der Waals surface area contributed by atoms with Crippen LogP contribution in [-0.2, 0) is 4.74 Å². The zero-order chi connectivity index (χ0) is 28.6. The molecule has 3 aliphatic rings. The Morgan fingerprint density at radius 1 is 0.780 bits per heavy atom. The normalized spacial score (nSPS) is 29.1. The monoisotopic (exact) mass is 564 g/mol. The quantitative estimate of drug-likeness (QED) is 0.267. The van der Waals surface area contributed by atoms with Gasteiger partial charge in [-0.15, -0.1) is 0 Å². The minimum Gasteiger partial charge on any atom is -0.490 e. The highest BCUT2D eigenvalue weighted by Gasteiger charge is 2.35. The van der Waals surface area contributed by atoms with Crippen molar-refractivity contribution < 1.29 is 18.3 Å². The summed E-state index contributed by atoms with van der Waals surface area (Å²) in [5.41, 5.74) is 2.34. The molecule has 2 unspecified atom stereocenters. The maximum Gasteiger partial charge on any atom is 0.201 e. The molecule has 0 radical (unpaired) electrons. The average molecular weight is 565 g/mol. The van der Waals surface area contributed by atoms with Crippen molar-refractivity contribution in [2.45, 2.75) is 109 Å². The van der Waals surface area contributed by atoms with E-state index in [1.165, 1.54) is 82.3 Å². The molecule has 2 aromatic carbocycles. The van der Waals surface area contributed by atoms with E-state index in [1.807, 2.05) is 19.1 Å². The fourth-order valence-corrected chi connectivity index (χ4v) is 7.90. The number of hydrogen-bond acceptors (Lipinski definition) is 2. The second kappa shape index (κ2) is 14.8. The van der Waals surface area contributed by atoms with Crippen LogP contribution in [0.2, 0.25) is 0 Å². The maximum atomic E-state index is 14.8. The Kier molecular flexibility index (Phi) is 10.9. The van der Waals surface area contributed by atoms with Gasteiger partial charge < -0.3 is 9.47 Å². The van der Waals surface area contributed by atoms with Crippen molar-refractivity contribution in [3.8, 4) is 16.9 Å². The molecule has 2 aliphatic carbocycles. The Morgan fingerprint density at radius 2 is 1.41 bits per heavy atom. The van der Waals surface area contributed by atoms with Gasteiger partial charge in [0.1, 0.15) is 0 Å². The Morgan fingerprint density at radius 3 is 2.02 bits per heavy atom. The van der Waals surface area contributed by atoms with Gasteiger partial charge in [-0.25, -0.2) is 4.39 Å². The summed E-state index contributed by atoms with van der Waals surface area (Å²) in [6.07, 6.45) is 21.3. The van der Waals surface area contributed by atoms with Gasteiger partial charge in [0, 0.05) is 5.56 Å². The third-order valence-electron chi connectivity index (χ3n) is 10.4. The molecule has 0 bridgehead atoms. The van der Waals surface area contributed by atoms with Crippen molar-refractivity contribution in [1.82, 2.24) is 0 Å². The fourth-order valence-electron chi connectivity index (χ4n) is 7.90. The Hall–Kier alpha value is -2.20. The Bertz CT molecular complexity index is 1100. The lowest BCUT2D eigenvalue weighted by atomic mass is 9.66. The predicted molar refractivity (Wildman–Crippen MR) is 164 cm³/mol. The van der Waals surface area contributed by atoms with Crippen LogP contribution in [0.1, 0.15) is 109 Å². The van der Waals surface area contributed by atoms with E-state index in [0.29, 0.717) is 29.8 Å². The molecule has 2 nitrogen and oxygen atoms in total. The van der Waals surface area contributed by atoms with Gasteiger partial charge in [0.05, 0.1) is 19.3 Å². The summed E-state index contributed by atoms with van der Waals surface area (Å²) in [7, 11) is 0. The van der Waals surface area contributed by atoms with Gasteiger partial charge in [-0.3, -0.25) is 0 Å². The predicted octanol–water partition coefficient (Wildman–Crippen LogP) is 10.7. The van der Waals surface area contributed by atoms with E-state index in [9.17, 15) is 8.78 Å². The van der Waals surface area contributed by atoms with E-state index in [-0.39, 0.29) is 5.75 Å². The first kappa shape index (κ1) is 30.3. The zero-order valence-electron chi connectivity index (χ0n) is 25.3. The zero-order valence-corrected chi connectivity index (χ0v) is 25.3. The van der Waals surface area contributed by atoms with Gasteiger partial charge in [-0.05, 0) is 143 Å². The van der Waals surface area contributed by atoms with Gasteiger partial charge in [0.25, 0.3) is 0 Å². The summed E-state index contributed by atoms with van der Waals surface area (Å²) in [5, 5.41) is 0. The first-order valence-corrected chi connectivity index (χ1v) is 16.5. The molecule has 4 heteroatoms. The van der Waals surface area contributed by atoms with Crippen LogP contribution in [-0.4, -0.2) is 19.3 Å². The SMILES string of the molecule is C/C=C/CCC1CCC(C2CCC(C3CCC(c4ccc(-c5ccc(OCCC)c(F)c5F)cc4)CC3)CC2)CO1. The smallest absolute Gasteiger partial charge is 0.201 e. The summed E-state index contributed by atoms with van der Waals surface area (Å²) in [5.74, 6) is 2.25. The topological polar surface area (TPSA) is 18.5 Å². The molecule has 3 fully saturated rings. The molecule has 224 valence electrons. The Balaban J connectivity index is 1.06. The van der Waals surface area contributed by atoms with Crippen molar-refractivity contribution in [2.75, 3.05) is 13.2 Å². The molecule has 0 spiro atoms. The molecule has 2 aromatic rings. The van der Waals surface area contributed by atoms with E-state index in [2.05, 4.69) is 31.2 Å². The summed E-state index contributed by atoms with van der Waals surface area (Å²) in [4.78, 5) is 0. The summed E-state index contributed by atoms with van der Waals surface area (Å²) in [6, 6.07) is 11.3. The largest absolute Gasteiger partial charge is 0.490 e. The third-order valence-corrected chi connectivity index (χ3v) is 10.4. The van der Waals surface area contributed by atoms with Gasteiger partial charge in [-0.2, -0.15) is 4.39 Å². The van der Waals surface area contributed by atoms with Gasteiger partial charge in [0.15, 0.2) is 11.6 Å². The number of hydrogen-bond donors (Lipinski definition) is 0. The van der Waals surface area contributed by atoms with Crippen LogP contribution in [0, 0.1) is 35.3 Å². The molecule has 0 amide bonds. The summed E-state index contributed by atoms with van der Waals surface area (Å²) >= 11 is 0. The van der Waals surface area contributed by atoms with Crippen molar-refractivity contribution in [1.29, 1.82) is 0 Å². The van der Waals surface area contributed by atoms with Gasteiger partial charge >= 0.3 is 0 Å². The molecule has 1 aliphatic heterocycles. The number of allylic oxidation sites excluding steroid dienone is 2. The average Bonchev–Trinajstić information content (AvgIpc) is 3.03. The van der Waals surface area contributed by atoms with Crippen LogP contribution in [0.4, 0.5) is 8.78 Å². The van der Waals surface area contributed by atoms with Crippen LogP contribution in [0.25, 0.3) is 11.1 Å². The molecule has 41 heavy (non-hydrogen) atoms. The maximum absolute atomic E-state index is 14.8. The highest BCUT2D eigenvalue weighted by molar-refractivity contribution is 5.65. The lowest BCUT2D eigenvalue weighted by molar-refractivity contribution is -0.0430. The van der Waals surface area contributed by atoms with Crippen LogP contribution < -0.4 is 4.74 Å². The minimum atomic E-state index is -0.899. The molecular weight excluding hydrogens is 514 g/mol.